The molecule has 2 aromatic heterocycles. The molecule has 0 saturated heterocycles. The summed E-state index contributed by atoms with van der Waals surface area (Å²) >= 11 is 0. The van der Waals surface area contributed by atoms with E-state index < -0.39 is 0 Å². The van der Waals surface area contributed by atoms with Crippen LogP contribution in [0.15, 0.2) is 23.1 Å². The molecule has 0 amide bonds. The van der Waals surface area contributed by atoms with Crippen molar-refractivity contribution < 1.29 is 9.32 Å². The summed E-state index contributed by atoms with van der Waals surface area (Å²) in [5, 5.41) is 3.88. The van der Waals surface area contributed by atoms with Gasteiger partial charge in [0.2, 0.25) is 11.7 Å². The number of ketones is 1. The predicted molar refractivity (Wildman–Crippen MR) is 66.0 cm³/mol. The first kappa shape index (κ1) is 12.0. The zero-order valence-corrected chi connectivity index (χ0v) is 10.5. The maximum atomic E-state index is 11.8. The summed E-state index contributed by atoms with van der Waals surface area (Å²) in [7, 11) is 0. The summed E-state index contributed by atoms with van der Waals surface area (Å²) in [5.41, 5.74) is 0.576. The number of nitrogens with zero attached hydrogens (tertiary/aromatic N) is 4. The topological polar surface area (TPSA) is 81.8 Å². The van der Waals surface area contributed by atoms with Crippen LogP contribution in [0.1, 0.15) is 31.6 Å². The van der Waals surface area contributed by atoms with E-state index in [1.807, 2.05) is 0 Å². The fourth-order valence-electron chi connectivity index (χ4n) is 2.34. The largest absolute Gasteiger partial charge is 0.339 e. The number of hydrogen-bond donors (Lipinski definition) is 0. The van der Waals surface area contributed by atoms with E-state index in [2.05, 4.69) is 20.1 Å². The molecule has 98 valence electrons. The van der Waals surface area contributed by atoms with Gasteiger partial charge in [-0.15, -0.1) is 0 Å². The molecule has 1 aliphatic rings. The first-order valence-electron chi connectivity index (χ1n) is 6.44. The van der Waals surface area contributed by atoms with Crippen molar-refractivity contribution in [2.24, 2.45) is 5.92 Å². The molecule has 0 radical (unpaired) electrons. The molecule has 19 heavy (non-hydrogen) atoms. The van der Waals surface area contributed by atoms with Crippen LogP contribution in [0.3, 0.4) is 0 Å². The molecule has 6 heteroatoms. The van der Waals surface area contributed by atoms with Crippen molar-refractivity contribution >= 4 is 5.78 Å². The highest BCUT2D eigenvalue weighted by atomic mass is 16.5. The van der Waals surface area contributed by atoms with Gasteiger partial charge in [0, 0.05) is 31.2 Å². The first-order valence-corrected chi connectivity index (χ1v) is 6.44. The molecule has 0 aliphatic heterocycles. The highest BCUT2D eigenvalue weighted by Gasteiger charge is 2.24. The van der Waals surface area contributed by atoms with Crippen LogP contribution in [0, 0.1) is 5.92 Å². The lowest BCUT2D eigenvalue weighted by atomic mass is 9.86. The van der Waals surface area contributed by atoms with Crippen LogP contribution in [0.5, 0.6) is 0 Å². The second-order valence-corrected chi connectivity index (χ2v) is 4.72. The number of hydrogen-bond acceptors (Lipinski definition) is 6. The summed E-state index contributed by atoms with van der Waals surface area (Å²) in [6.45, 7) is 0. The Morgan fingerprint density at radius 1 is 1.32 bits per heavy atom. The summed E-state index contributed by atoms with van der Waals surface area (Å²) in [5.74, 6) is 1.27. The lowest BCUT2D eigenvalue weighted by Crippen LogP contribution is -2.21. The van der Waals surface area contributed by atoms with Gasteiger partial charge in [0.05, 0.1) is 6.20 Å². The highest BCUT2D eigenvalue weighted by molar-refractivity contribution is 5.81. The Morgan fingerprint density at radius 3 is 3.05 bits per heavy atom. The molecule has 1 aliphatic carbocycles. The average molecular weight is 258 g/mol. The molecule has 0 N–H and O–H groups in total. The van der Waals surface area contributed by atoms with Crippen LogP contribution in [-0.4, -0.2) is 25.9 Å². The molecule has 3 rings (SSSR count). The fraction of sp³-hybridized carbons (Fsp3) is 0.462. The standard InChI is InChI=1S/C13H14N4O2/c18-11-4-2-1-3-9(11)7-12-16-13(17-19-12)10-8-14-5-6-15-10/h5-6,8-9H,1-4,7H2. The maximum Gasteiger partial charge on any atom is 0.227 e. The number of carbonyl (C=O) groups is 1. The molecule has 1 saturated carbocycles. The molecule has 2 aromatic rings. The quantitative estimate of drug-likeness (QED) is 0.835. The number of Topliss-reactive ketones (excluding diaryl/α,β-unsaturated/α-hetero) is 1. The molecular weight excluding hydrogens is 244 g/mol. The minimum Gasteiger partial charge on any atom is -0.339 e. The Hall–Kier alpha value is -2.11. The van der Waals surface area contributed by atoms with Crippen LogP contribution in [0.2, 0.25) is 0 Å². The van der Waals surface area contributed by atoms with Gasteiger partial charge in [-0.2, -0.15) is 4.98 Å². The first-order chi connectivity index (χ1) is 9.33. The van der Waals surface area contributed by atoms with Crippen LogP contribution >= 0.6 is 0 Å². The molecule has 6 nitrogen and oxygen atoms in total. The van der Waals surface area contributed by atoms with Crippen molar-refractivity contribution in [2.45, 2.75) is 32.1 Å². The average Bonchev–Trinajstić information content (AvgIpc) is 2.91. The Kier molecular flexibility index (Phi) is 3.31. The SMILES string of the molecule is O=C1CCCCC1Cc1nc(-c2cnccn2)no1. The Labute approximate surface area is 110 Å². The van der Waals surface area contributed by atoms with E-state index in [4.69, 9.17) is 4.52 Å². The van der Waals surface area contributed by atoms with E-state index in [1.54, 1.807) is 18.6 Å². The van der Waals surface area contributed by atoms with Gasteiger partial charge in [-0.25, -0.2) is 4.98 Å². The number of carbonyl (C=O) groups excluding carboxylic acids is 1. The van der Waals surface area contributed by atoms with Crippen molar-refractivity contribution in [2.75, 3.05) is 0 Å². The minimum atomic E-state index is 0.0314. The molecule has 0 bridgehead atoms. The fourth-order valence-corrected chi connectivity index (χ4v) is 2.34. The van der Waals surface area contributed by atoms with Crippen molar-refractivity contribution in [3.05, 3.63) is 24.5 Å². The summed E-state index contributed by atoms with van der Waals surface area (Å²) in [6.07, 6.45) is 8.98. The van der Waals surface area contributed by atoms with E-state index >= 15 is 0 Å². The second kappa shape index (κ2) is 5.26. The third-order valence-electron chi connectivity index (χ3n) is 3.36. The molecule has 0 spiro atoms. The molecule has 0 aromatic carbocycles. The molecule has 1 unspecified atom stereocenters. The highest BCUT2D eigenvalue weighted by Crippen LogP contribution is 2.24. The second-order valence-electron chi connectivity index (χ2n) is 4.72. The third-order valence-corrected chi connectivity index (χ3v) is 3.36. The normalized spacial score (nSPS) is 19.6. The third kappa shape index (κ3) is 2.67. The Morgan fingerprint density at radius 2 is 2.26 bits per heavy atom. The molecule has 1 atom stereocenters. The van der Waals surface area contributed by atoms with E-state index in [1.165, 1.54) is 0 Å². The predicted octanol–water partition coefficient (Wildman–Crippen LogP) is 1.83. The van der Waals surface area contributed by atoms with Gasteiger partial charge in [0.25, 0.3) is 0 Å². The van der Waals surface area contributed by atoms with Crippen LogP contribution < -0.4 is 0 Å². The lowest BCUT2D eigenvalue weighted by Gasteiger charge is -2.18. The molecular formula is C13H14N4O2. The van der Waals surface area contributed by atoms with Gasteiger partial charge in [0.1, 0.15) is 11.5 Å². The van der Waals surface area contributed by atoms with Crippen LogP contribution in [0.4, 0.5) is 0 Å². The summed E-state index contributed by atoms with van der Waals surface area (Å²) in [6, 6.07) is 0. The minimum absolute atomic E-state index is 0.0314. The lowest BCUT2D eigenvalue weighted by molar-refractivity contribution is -0.124. The van der Waals surface area contributed by atoms with E-state index in [0.29, 0.717) is 36.0 Å². The summed E-state index contributed by atoms with van der Waals surface area (Å²) < 4.78 is 5.19. The molecule has 2 heterocycles. The van der Waals surface area contributed by atoms with Crippen LogP contribution in [-0.2, 0) is 11.2 Å². The summed E-state index contributed by atoms with van der Waals surface area (Å²) in [4.78, 5) is 24.1. The van der Waals surface area contributed by atoms with Crippen molar-refractivity contribution in [3.8, 4) is 11.5 Å². The van der Waals surface area contributed by atoms with Gasteiger partial charge >= 0.3 is 0 Å². The van der Waals surface area contributed by atoms with Crippen LogP contribution in [0.25, 0.3) is 11.5 Å². The van der Waals surface area contributed by atoms with E-state index in [-0.39, 0.29) is 5.92 Å². The Balaban J connectivity index is 1.73. The van der Waals surface area contributed by atoms with Crippen molar-refractivity contribution in [3.63, 3.8) is 0 Å². The number of aromatic nitrogens is 4. The van der Waals surface area contributed by atoms with Crippen molar-refractivity contribution in [1.29, 1.82) is 0 Å². The maximum absolute atomic E-state index is 11.8. The monoisotopic (exact) mass is 258 g/mol. The van der Waals surface area contributed by atoms with Gasteiger partial charge in [-0.05, 0) is 12.8 Å². The number of rotatable bonds is 3. The van der Waals surface area contributed by atoms with Gasteiger partial charge < -0.3 is 4.52 Å². The van der Waals surface area contributed by atoms with E-state index in [9.17, 15) is 4.79 Å². The smallest absolute Gasteiger partial charge is 0.227 e. The Bertz CT molecular complexity index is 567. The van der Waals surface area contributed by atoms with Gasteiger partial charge in [-0.1, -0.05) is 11.6 Å². The molecule has 1 fully saturated rings. The van der Waals surface area contributed by atoms with Gasteiger partial charge in [0.15, 0.2) is 0 Å². The van der Waals surface area contributed by atoms with Gasteiger partial charge in [-0.3, -0.25) is 9.78 Å². The van der Waals surface area contributed by atoms with Crippen molar-refractivity contribution in [1.82, 2.24) is 20.1 Å². The van der Waals surface area contributed by atoms with E-state index in [0.717, 1.165) is 19.3 Å². The zero-order chi connectivity index (χ0) is 13.1. The zero-order valence-electron chi connectivity index (χ0n) is 10.5.